The molecule has 0 saturated heterocycles. The highest BCUT2D eigenvalue weighted by atomic mass is 35.5. The zero-order chi connectivity index (χ0) is 16.3. The maximum absolute atomic E-state index is 12.6. The van der Waals surface area contributed by atoms with Crippen LogP contribution in [0.25, 0.3) is 0 Å². The summed E-state index contributed by atoms with van der Waals surface area (Å²) in [7, 11) is 3.33. The Balaban J connectivity index is 2.20. The third kappa shape index (κ3) is 3.25. The largest absolute Gasteiger partial charge is 0.496 e. The van der Waals surface area contributed by atoms with Gasteiger partial charge in [0.15, 0.2) is 0 Å². The van der Waals surface area contributed by atoms with Crippen LogP contribution in [0.3, 0.4) is 0 Å². The van der Waals surface area contributed by atoms with Crippen LogP contribution in [-0.4, -0.2) is 34.7 Å². The van der Waals surface area contributed by atoms with Gasteiger partial charge in [0.05, 0.1) is 18.7 Å². The van der Waals surface area contributed by atoms with Crippen LogP contribution >= 0.6 is 11.6 Å². The van der Waals surface area contributed by atoms with Gasteiger partial charge in [-0.2, -0.15) is 5.10 Å². The number of carbonyl (C=O) groups is 1. The molecule has 2 aromatic rings. The standard InChI is InChI=1S/C16H20ClN3O2/c1-5-20-9-13(17)14(18-20)10-19(3)16(21)12-7-6-8-15(22-4)11(12)2/h6-9H,5,10H2,1-4H3. The molecule has 0 aliphatic carbocycles. The molecule has 0 aliphatic heterocycles. The molecule has 0 radical (unpaired) electrons. The lowest BCUT2D eigenvalue weighted by molar-refractivity contribution is 0.0782. The third-order valence-electron chi connectivity index (χ3n) is 3.58. The zero-order valence-electron chi connectivity index (χ0n) is 13.3. The molecule has 2 rings (SSSR count). The maximum Gasteiger partial charge on any atom is 0.254 e. The van der Waals surface area contributed by atoms with Gasteiger partial charge in [-0.1, -0.05) is 17.7 Å². The number of benzene rings is 1. The molecule has 1 aromatic carbocycles. The molecular formula is C16H20ClN3O2. The van der Waals surface area contributed by atoms with E-state index in [1.54, 1.807) is 36.0 Å². The fraction of sp³-hybridized carbons (Fsp3) is 0.375. The van der Waals surface area contributed by atoms with E-state index >= 15 is 0 Å². The van der Waals surface area contributed by atoms with Gasteiger partial charge in [-0.25, -0.2) is 0 Å². The van der Waals surface area contributed by atoms with E-state index in [2.05, 4.69) is 5.10 Å². The predicted molar refractivity (Wildman–Crippen MR) is 86.4 cm³/mol. The SMILES string of the molecule is CCn1cc(Cl)c(CN(C)C(=O)c2cccc(OC)c2C)n1. The summed E-state index contributed by atoms with van der Waals surface area (Å²) in [6, 6.07) is 5.44. The Morgan fingerprint density at radius 3 is 2.77 bits per heavy atom. The van der Waals surface area contributed by atoms with Crippen LogP contribution in [0.2, 0.25) is 5.02 Å². The molecule has 1 aromatic heterocycles. The van der Waals surface area contributed by atoms with E-state index in [1.165, 1.54) is 0 Å². The van der Waals surface area contributed by atoms with E-state index in [-0.39, 0.29) is 5.91 Å². The molecule has 0 saturated carbocycles. The molecule has 6 heteroatoms. The minimum atomic E-state index is -0.0847. The Kier molecular flexibility index (Phi) is 5.08. The van der Waals surface area contributed by atoms with Crippen molar-refractivity contribution in [1.29, 1.82) is 0 Å². The van der Waals surface area contributed by atoms with Gasteiger partial charge in [-0.3, -0.25) is 9.48 Å². The number of carbonyl (C=O) groups excluding carboxylic acids is 1. The number of halogens is 1. The van der Waals surface area contributed by atoms with Crippen molar-refractivity contribution in [3.8, 4) is 5.75 Å². The summed E-state index contributed by atoms with van der Waals surface area (Å²) in [6.07, 6.45) is 1.77. The molecule has 0 unspecified atom stereocenters. The van der Waals surface area contributed by atoms with Crippen molar-refractivity contribution in [3.05, 3.63) is 46.2 Å². The van der Waals surface area contributed by atoms with Crippen molar-refractivity contribution < 1.29 is 9.53 Å². The summed E-state index contributed by atoms with van der Waals surface area (Å²) in [5, 5.41) is 4.94. The summed E-state index contributed by atoms with van der Waals surface area (Å²) >= 11 is 6.16. The van der Waals surface area contributed by atoms with Crippen LogP contribution in [0.5, 0.6) is 5.75 Å². The van der Waals surface area contributed by atoms with Crippen molar-refractivity contribution in [2.24, 2.45) is 0 Å². The first-order chi connectivity index (χ1) is 10.5. The first-order valence-corrected chi connectivity index (χ1v) is 7.46. The van der Waals surface area contributed by atoms with Gasteiger partial charge >= 0.3 is 0 Å². The lowest BCUT2D eigenvalue weighted by Gasteiger charge is -2.18. The van der Waals surface area contributed by atoms with Crippen LogP contribution in [0, 0.1) is 6.92 Å². The lowest BCUT2D eigenvalue weighted by atomic mass is 10.1. The summed E-state index contributed by atoms with van der Waals surface area (Å²) in [5.74, 6) is 0.617. The Bertz CT molecular complexity index is 682. The second-order valence-corrected chi connectivity index (χ2v) is 5.48. The van der Waals surface area contributed by atoms with Crippen molar-refractivity contribution in [3.63, 3.8) is 0 Å². The van der Waals surface area contributed by atoms with Crippen LogP contribution in [0.4, 0.5) is 0 Å². The first kappa shape index (κ1) is 16.4. The highest BCUT2D eigenvalue weighted by Gasteiger charge is 2.18. The normalized spacial score (nSPS) is 10.6. The van der Waals surface area contributed by atoms with Crippen molar-refractivity contribution in [2.75, 3.05) is 14.2 Å². The van der Waals surface area contributed by atoms with Gasteiger partial charge < -0.3 is 9.64 Å². The van der Waals surface area contributed by atoms with E-state index in [9.17, 15) is 4.79 Å². The average molecular weight is 322 g/mol. The highest BCUT2D eigenvalue weighted by molar-refractivity contribution is 6.31. The molecule has 1 amide bonds. The molecule has 0 atom stereocenters. The van der Waals surface area contributed by atoms with Gasteiger partial charge in [0.1, 0.15) is 11.4 Å². The van der Waals surface area contributed by atoms with Crippen LogP contribution in [0.15, 0.2) is 24.4 Å². The topological polar surface area (TPSA) is 47.4 Å². The molecule has 0 spiro atoms. The van der Waals surface area contributed by atoms with Gasteiger partial charge in [0.2, 0.25) is 0 Å². The Hall–Kier alpha value is -2.01. The summed E-state index contributed by atoms with van der Waals surface area (Å²) < 4.78 is 7.02. The second-order valence-electron chi connectivity index (χ2n) is 5.07. The van der Waals surface area contributed by atoms with Gasteiger partial charge in [0, 0.05) is 30.9 Å². The molecule has 0 fully saturated rings. The van der Waals surface area contributed by atoms with Gasteiger partial charge in [-0.05, 0) is 26.0 Å². The van der Waals surface area contributed by atoms with Crippen LogP contribution in [0.1, 0.15) is 28.5 Å². The number of hydrogen-bond donors (Lipinski definition) is 0. The number of nitrogens with zero attached hydrogens (tertiary/aromatic N) is 3. The fourth-order valence-corrected chi connectivity index (χ4v) is 2.49. The molecule has 0 bridgehead atoms. The number of rotatable bonds is 5. The molecule has 118 valence electrons. The predicted octanol–water partition coefficient (Wildman–Crippen LogP) is 3.15. The monoisotopic (exact) mass is 321 g/mol. The summed E-state index contributed by atoms with van der Waals surface area (Å²) in [5.41, 5.74) is 2.14. The number of amides is 1. The molecule has 0 aliphatic rings. The van der Waals surface area contributed by atoms with Gasteiger partial charge in [0.25, 0.3) is 5.91 Å². The Morgan fingerprint density at radius 2 is 2.18 bits per heavy atom. The number of ether oxygens (including phenoxy) is 1. The third-order valence-corrected chi connectivity index (χ3v) is 3.89. The van der Waals surface area contributed by atoms with E-state index in [1.807, 2.05) is 26.0 Å². The van der Waals surface area contributed by atoms with Crippen molar-refractivity contribution in [2.45, 2.75) is 26.9 Å². The summed E-state index contributed by atoms with van der Waals surface area (Å²) in [4.78, 5) is 14.2. The molecule has 1 heterocycles. The number of hydrogen-bond acceptors (Lipinski definition) is 3. The maximum atomic E-state index is 12.6. The number of aromatic nitrogens is 2. The molecule has 22 heavy (non-hydrogen) atoms. The zero-order valence-corrected chi connectivity index (χ0v) is 14.0. The van der Waals surface area contributed by atoms with Crippen molar-refractivity contribution >= 4 is 17.5 Å². The van der Waals surface area contributed by atoms with Crippen molar-refractivity contribution in [1.82, 2.24) is 14.7 Å². The second kappa shape index (κ2) is 6.83. The Morgan fingerprint density at radius 1 is 1.45 bits per heavy atom. The van der Waals surface area contributed by atoms with E-state index in [4.69, 9.17) is 16.3 Å². The van der Waals surface area contributed by atoms with E-state index < -0.39 is 0 Å². The quantitative estimate of drug-likeness (QED) is 0.850. The lowest BCUT2D eigenvalue weighted by Crippen LogP contribution is -2.27. The van der Waals surface area contributed by atoms with Gasteiger partial charge in [-0.15, -0.1) is 0 Å². The number of aryl methyl sites for hydroxylation is 1. The molecular weight excluding hydrogens is 302 g/mol. The highest BCUT2D eigenvalue weighted by Crippen LogP contribution is 2.23. The Labute approximate surface area is 135 Å². The van der Waals surface area contributed by atoms with Crippen LogP contribution in [-0.2, 0) is 13.1 Å². The smallest absolute Gasteiger partial charge is 0.254 e. The molecule has 5 nitrogen and oxygen atoms in total. The molecule has 0 N–H and O–H groups in total. The first-order valence-electron chi connectivity index (χ1n) is 7.08. The average Bonchev–Trinajstić information content (AvgIpc) is 2.87. The minimum Gasteiger partial charge on any atom is -0.496 e. The van der Waals surface area contributed by atoms with E-state index in [0.717, 1.165) is 12.1 Å². The fourth-order valence-electron chi connectivity index (χ4n) is 2.28. The van der Waals surface area contributed by atoms with Crippen LogP contribution < -0.4 is 4.74 Å². The summed E-state index contributed by atoms with van der Waals surface area (Å²) in [6.45, 7) is 4.97. The number of methoxy groups -OCH3 is 1. The minimum absolute atomic E-state index is 0.0847. The van der Waals surface area contributed by atoms with E-state index in [0.29, 0.717) is 28.6 Å².